The number of halogens is 1. The van der Waals surface area contributed by atoms with Gasteiger partial charge in [0.2, 0.25) is 0 Å². The summed E-state index contributed by atoms with van der Waals surface area (Å²) in [6.07, 6.45) is 9.25. The number of carboxylic acid groups (broad SMARTS) is 1. The molecule has 3 N–H and O–H groups in total. The number of rotatable bonds is 9. The molecule has 0 aromatic rings. The van der Waals surface area contributed by atoms with Crippen LogP contribution in [0.2, 0.25) is 0 Å². The maximum absolute atomic E-state index is 11.2. The van der Waals surface area contributed by atoms with Crippen molar-refractivity contribution in [2.45, 2.75) is 64.5 Å². The zero-order chi connectivity index (χ0) is 16.1. The van der Waals surface area contributed by atoms with E-state index in [-0.39, 0.29) is 16.9 Å². The Kier molecular flexibility index (Phi) is 6.12. The molecular weight excluding hydrogens is 302 g/mol. The fraction of sp³-hybridized carbons (Fsp3) is 0.750. The summed E-state index contributed by atoms with van der Waals surface area (Å²) in [5, 5.41) is 9.28. The first kappa shape index (κ1) is 17.1. The van der Waals surface area contributed by atoms with Crippen LogP contribution in [-0.4, -0.2) is 34.4 Å². The number of aliphatic imine (C=N–C) groups is 1. The molecule has 0 spiro atoms. The Balaban J connectivity index is 1.95. The van der Waals surface area contributed by atoms with Gasteiger partial charge in [-0.3, -0.25) is 4.99 Å². The number of hydrogen-bond acceptors (Lipinski definition) is 4. The van der Waals surface area contributed by atoms with Crippen molar-refractivity contribution >= 4 is 23.3 Å². The number of carboxylic acids is 1. The van der Waals surface area contributed by atoms with E-state index in [4.69, 9.17) is 17.3 Å². The Labute approximate surface area is 137 Å². The van der Waals surface area contributed by atoms with Crippen LogP contribution in [0.3, 0.4) is 0 Å². The summed E-state index contributed by atoms with van der Waals surface area (Å²) in [5.74, 6) is -0.310. The molecule has 1 fully saturated rings. The molecule has 0 radical (unpaired) electrons. The van der Waals surface area contributed by atoms with Crippen molar-refractivity contribution in [2.75, 3.05) is 6.54 Å². The third kappa shape index (κ3) is 4.15. The molecule has 0 aromatic heterocycles. The van der Waals surface area contributed by atoms with Crippen LogP contribution in [0.5, 0.6) is 0 Å². The Bertz CT molecular complexity index is 472. The molecule has 1 aliphatic heterocycles. The van der Waals surface area contributed by atoms with E-state index in [0.717, 1.165) is 32.2 Å². The molecule has 6 heteroatoms. The highest BCUT2D eigenvalue weighted by molar-refractivity contribution is 6.58. The van der Waals surface area contributed by atoms with Gasteiger partial charge in [0.05, 0.1) is 0 Å². The molecule has 2 rings (SSSR count). The van der Waals surface area contributed by atoms with E-state index >= 15 is 0 Å². The Morgan fingerprint density at radius 1 is 1.32 bits per heavy atom. The standard InChI is InChI=1S/C16H26ClN3O2/c1-2-3-4-5-6-7-10-20-14(18)12(17)13(16(21)22)19-15(20)11-8-9-11/h11,15H,2-10,18H2,1H3,(H,21,22). The molecule has 22 heavy (non-hydrogen) atoms. The van der Waals surface area contributed by atoms with Gasteiger partial charge in [0.15, 0.2) is 5.71 Å². The van der Waals surface area contributed by atoms with Crippen LogP contribution in [0.1, 0.15) is 58.3 Å². The zero-order valence-corrected chi connectivity index (χ0v) is 14.0. The van der Waals surface area contributed by atoms with Gasteiger partial charge in [-0.05, 0) is 25.2 Å². The average molecular weight is 328 g/mol. The molecule has 0 amide bonds. The van der Waals surface area contributed by atoms with Crippen LogP contribution in [0, 0.1) is 5.92 Å². The number of hydrogen-bond donors (Lipinski definition) is 2. The quantitative estimate of drug-likeness (QED) is 0.637. The highest BCUT2D eigenvalue weighted by Gasteiger charge is 2.40. The fourth-order valence-corrected chi connectivity index (χ4v) is 3.11. The van der Waals surface area contributed by atoms with E-state index in [0.29, 0.717) is 11.7 Å². The lowest BCUT2D eigenvalue weighted by molar-refractivity contribution is -0.129. The second-order valence-electron chi connectivity index (χ2n) is 6.19. The van der Waals surface area contributed by atoms with Crippen LogP contribution in [0.15, 0.2) is 15.8 Å². The maximum atomic E-state index is 11.2. The van der Waals surface area contributed by atoms with Crippen molar-refractivity contribution in [2.24, 2.45) is 16.6 Å². The Morgan fingerprint density at radius 3 is 2.55 bits per heavy atom. The number of unbranched alkanes of at least 4 members (excludes halogenated alkanes) is 5. The molecule has 1 saturated carbocycles. The van der Waals surface area contributed by atoms with Crippen molar-refractivity contribution in [3.8, 4) is 0 Å². The highest BCUT2D eigenvalue weighted by Crippen LogP contribution is 2.39. The monoisotopic (exact) mass is 327 g/mol. The molecule has 1 heterocycles. The molecule has 5 nitrogen and oxygen atoms in total. The van der Waals surface area contributed by atoms with Crippen molar-refractivity contribution in [3.05, 3.63) is 10.9 Å². The first-order valence-electron chi connectivity index (χ1n) is 8.29. The molecule has 1 atom stereocenters. The molecule has 1 aliphatic carbocycles. The molecule has 0 bridgehead atoms. The molecule has 1 unspecified atom stereocenters. The summed E-state index contributed by atoms with van der Waals surface area (Å²) in [5.41, 5.74) is 6.01. The SMILES string of the molecule is CCCCCCCCN1C(N)=C(Cl)C(C(=O)O)=NC1C1CC1. The lowest BCUT2D eigenvalue weighted by Gasteiger charge is -2.35. The van der Waals surface area contributed by atoms with Crippen LogP contribution in [-0.2, 0) is 4.79 Å². The van der Waals surface area contributed by atoms with Gasteiger partial charge >= 0.3 is 5.97 Å². The van der Waals surface area contributed by atoms with Gasteiger partial charge in [0, 0.05) is 6.54 Å². The van der Waals surface area contributed by atoms with E-state index in [1.807, 2.05) is 4.90 Å². The van der Waals surface area contributed by atoms with Gasteiger partial charge in [-0.15, -0.1) is 0 Å². The van der Waals surface area contributed by atoms with Crippen molar-refractivity contribution < 1.29 is 9.90 Å². The Morgan fingerprint density at radius 2 is 1.95 bits per heavy atom. The zero-order valence-electron chi connectivity index (χ0n) is 13.2. The smallest absolute Gasteiger partial charge is 0.355 e. The number of nitrogens with zero attached hydrogens (tertiary/aromatic N) is 2. The van der Waals surface area contributed by atoms with Crippen LogP contribution in [0.4, 0.5) is 0 Å². The topological polar surface area (TPSA) is 78.9 Å². The second kappa shape index (κ2) is 7.86. The minimum absolute atomic E-state index is 0.0791. The second-order valence-corrected chi connectivity index (χ2v) is 6.57. The van der Waals surface area contributed by atoms with Crippen molar-refractivity contribution in [3.63, 3.8) is 0 Å². The fourth-order valence-electron chi connectivity index (χ4n) is 2.87. The van der Waals surface area contributed by atoms with E-state index < -0.39 is 5.97 Å². The minimum atomic E-state index is -1.10. The predicted molar refractivity (Wildman–Crippen MR) is 88.7 cm³/mol. The van der Waals surface area contributed by atoms with Gasteiger partial charge in [0.1, 0.15) is 17.0 Å². The summed E-state index contributed by atoms with van der Waals surface area (Å²) in [6, 6.07) is 0. The van der Waals surface area contributed by atoms with Gasteiger partial charge in [-0.2, -0.15) is 0 Å². The average Bonchev–Trinajstić information content (AvgIpc) is 3.31. The lowest BCUT2D eigenvalue weighted by atomic mass is 10.1. The van der Waals surface area contributed by atoms with E-state index in [1.165, 1.54) is 25.7 Å². The summed E-state index contributed by atoms with van der Waals surface area (Å²) >= 11 is 6.10. The van der Waals surface area contributed by atoms with E-state index in [9.17, 15) is 9.90 Å². The summed E-state index contributed by atoms with van der Waals surface area (Å²) in [6.45, 7) is 3.01. The largest absolute Gasteiger partial charge is 0.476 e. The van der Waals surface area contributed by atoms with E-state index in [1.54, 1.807) is 0 Å². The summed E-state index contributed by atoms with van der Waals surface area (Å²) < 4.78 is 0. The summed E-state index contributed by atoms with van der Waals surface area (Å²) in [7, 11) is 0. The number of aliphatic carboxylic acids is 1. The highest BCUT2D eigenvalue weighted by atomic mass is 35.5. The van der Waals surface area contributed by atoms with Gasteiger partial charge in [0.25, 0.3) is 0 Å². The lowest BCUT2D eigenvalue weighted by Crippen LogP contribution is -2.44. The first-order chi connectivity index (χ1) is 10.6. The first-order valence-corrected chi connectivity index (χ1v) is 8.67. The molecular formula is C16H26ClN3O2. The van der Waals surface area contributed by atoms with Crippen LogP contribution < -0.4 is 5.73 Å². The normalized spacial score (nSPS) is 22.0. The van der Waals surface area contributed by atoms with Crippen molar-refractivity contribution in [1.82, 2.24) is 4.90 Å². The van der Waals surface area contributed by atoms with Gasteiger partial charge in [-0.1, -0.05) is 50.6 Å². The third-order valence-electron chi connectivity index (χ3n) is 4.32. The van der Waals surface area contributed by atoms with E-state index in [2.05, 4.69) is 11.9 Å². The predicted octanol–water partition coefficient (Wildman–Crippen LogP) is 3.29. The molecule has 0 saturated heterocycles. The third-order valence-corrected chi connectivity index (χ3v) is 4.69. The van der Waals surface area contributed by atoms with Crippen LogP contribution in [0.25, 0.3) is 0 Å². The maximum Gasteiger partial charge on any atom is 0.355 e. The van der Waals surface area contributed by atoms with Gasteiger partial charge in [-0.25, -0.2) is 4.79 Å². The van der Waals surface area contributed by atoms with Gasteiger partial charge < -0.3 is 15.7 Å². The molecule has 2 aliphatic rings. The molecule has 0 aromatic carbocycles. The Hall–Kier alpha value is -1.23. The summed E-state index contributed by atoms with van der Waals surface area (Å²) in [4.78, 5) is 17.6. The van der Waals surface area contributed by atoms with Crippen LogP contribution >= 0.6 is 11.6 Å². The number of nitrogens with two attached hydrogens (primary N) is 1. The molecule has 124 valence electrons. The number of carbonyl (C=O) groups is 1. The minimum Gasteiger partial charge on any atom is -0.476 e. The van der Waals surface area contributed by atoms with Crippen molar-refractivity contribution in [1.29, 1.82) is 0 Å².